The summed E-state index contributed by atoms with van der Waals surface area (Å²) in [5.74, 6) is -0.225. The van der Waals surface area contributed by atoms with Crippen molar-refractivity contribution in [3.63, 3.8) is 0 Å². The highest BCUT2D eigenvalue weighted by Gasteiger charge is 2.10. The summed E-state index contributed by atoms with van der Waals surface area (Å²) < 4.78 is 0. The van der Waals surface area contributed by atoms with Crippen molar-refractivity contribution in [2.75, 3.05) is 26.0 Å². The summed E-state index contributed by atoms with van der Waals surface area (Å²) in [4.78, 5) is 29.5. The summed E-state index contributed by atoms with van der Waals surface area (Å²) in [6, 6.07) is 7.13. The van der Waals surface area contributed by atoms with Crippen molar-refractivity contribution in [1.29, 1.82) is 0 Å². The highest BCUT2D eigenvalue weighted by Crippen LogP contribution is 2.12. The number of carbonyl (C=O) groups excluding carboxylic acids is 2. The highest BCUT2D eigenvalue weighted by atomic mass is 32.1. The molecule has 8 heteroatoms. The monoisotopic (exact) mass is 347 g/mol. The van der Waals surface area contributed by atoms with Gasteiger partial charge >= 0.3 is 6.03 Å². The summed E-state index contributed by atoms with van der Waals surface area (Å²) >= 11 is 1.43. The number of nitrogens with two attached hydrogens (primary N) is 1. The third-order valence-electron chi connectivity index (χ3n) is 3.18. The van der Waals surface area contributed by atoms with E-state index in [0.29, 0.717) is 30.9 Å². The van der Waals surface area contributed by atoms with Gasteiger partial charge in [0.05, 0.1) is 5.01 Å². The van der Waals surface area contributed by atoms with Gasteiger partial charge in [-0.05, 0) is 24.2 Å². The van der Waals surface area contributed by atoms with Crippen LogP contribution in [0.2, 0.25) is 0 Å². The lowest BCUT2D eigenvalue weighted by atomic mass is 10.2. The van der Waals surface area contributed by atoms with Crippen LogP contribution in [0.3, 0.4) is 0 Å². The molecule has 1 heterocycles. The van der Waals surface area contributed by atoms with E-state index in [-0.39, 0.29) is 11.9 Å². The van der Waals surface area contributed by atoms with Crippen molar-refractivity contribution in [1.82, 2.24) is 15.2 Å². The zero-order chi connectivity index (χ0) is 17.5. The Hall–Kier alpha value is -2.45. The number of benzene rings is 1. The van der Waals surface area contributed by atoms with E-state index in [0.717, 1.165) is 10.6 Å². The van der Waals surface area contributed by atoms with Crippen molar-refractivity contribution >= 4 is 29.0 Å². The first-order chi connectivity index (χ1) is 11.5. The summed E-state index contributed by atoms with van der Waals surface area (Å²) in [6.45, 7) is 0.869. The molecule has 0 unspecified atom stereocenters. The second-order valence-corrected chi connectivity index (χ2v) is 6.32. The van der Waals surface area contributed by atoms with E-state index in [1.807, 2.05) is 18.2 Å². The van der Waals surface area contributed by atoms with Gasteiger partial charge < -0.3 is 21.3 Å². The number of nitrogens with zero attached hydrogens (tertiary/aromatic N) is 2. The molecule has 0 aliphatic heterocycles. The van der Waals surface area contributed by atoms with Gasteiger partial charge in [0.1, 0.15) is 5.69 Å². The molecule has 2 rings (SSSR count). The van der Waals surface area contributed by atoms with E-state index in [4.69, 9.17) is 5.73 Å². The molecule has 1 aromatic heterocycles. The molecule has 0 fully saturated rings. The van der Waals surface area contributed by atoms with Crippen molar-refractivity contribution < 1.29 is 9.59 Å². The molecule has 0 spiro atoms. The predicted molar refractivity (Wildman–Crippen MR) is 95.2 cm³/mol. The quantitative estimate of drug-likeness (QED) is 0.740. The van der Waals surface area contributed by atoms with E-state index in [1.165, 1.54) is 16.2 Å². The molecule has 0 saturated heterocycles. The Morgan fingerprint density at radius 1 is 1.33 bits per heavy atom. The van der Waals surface area contributed by atoms with Crippen molar-refractivity contribution in [3.8, 4) is 0 Å². The number of urea groups is 1. The molecule has 0 saturated carbocycles. The molecule has 0 aliphatic rings. The fourth-order valence-corrected chi connectivity index (χ4v) is 2.71. The molecule has 128 valence electrons. The van der Waals surface area contributed by atoms with Gasteiger partial charge in [0, 0.05) is 38.1 Å². The van der Waals surface area contributed by atoms with Gasteiger partial charge in [0.2, 0.25) is 0 Å². The average molecular weight is 347 g/mol. The maximum absolute atomic E-state index is 12.1. The van der Waals surface area contributed by atoms with Crippen LogP contribution in [0.15, 0.2) is 29.6 Å². The molecule has 0 bridgehead atoms. The first kappa shape index (κ1) is 17.9. The van der Waals surface area contributed by atoms with Crippen LogP contribution in [0.5, 0.6) is 0 Å². The van der Waals surface area contributed by atoms with Gasteiger partial charge in [-0.3, -0.25) is 4.79 Å². The Balaban J connectivity index is 1.93. The Kier molecular flexibility index (Phi) is 6.28. The molecule has 1 aromatic carbocycles. The van der Waals surface area contributed by atoms with Crippen LogP contribution in [0.4, 0.5) is 10.5 Å². The lowest BCUT2D eigenvalue weighted by Crippen LogP contribution is -2.27. The number of aromatic nitrogens is 1. The molecular weight excluding hydrogens is 326 g/mol. The molecule has 2 aromatic rings. The second-order valence-electron chi connectivity index (χ2n) is 5.37. The average Bonchev–Trinajstić information content (AvgIpc) is 3.02. The van der Waals surface area contributed by atoms with Crippen LogP contribution in [-0.2, 0) is 13.0 Å². The highest BCUT2D eigenvalue weighted by molar-refractivity contribution is 7.09. The SMILES string of the molecule is CN(C)C(=O)Nc1cccc(CNC(=O)c2csc(CCN)n2)c1. The number of carbonyl (C=O) groups is 2. The van der Waals surface area contributed by atoms with E-state index in [2.05, 4.69) is 15.6 Å². The zero-order valence-corrected chi connectivity index (χ0v) is 14.5. The third-order valence-corrected chi connectivity index (χ3v) is 4.09. The normalized spacial score (nSPS) is 10.3. The Bertz CT molecular complexity index is 714. The van der Waals surface area contributed by atoms with E-state index >= 15 is 0 Å². The molecular formula is C16H21N5O2S. The molecule has 24 heavy (non-hydrogen) atoms. The number of nitrogens with one attached hydrogen (secondary N) is 2. The Labute approximate surface area is 144 Å². The maximum Gasteiger partial charge on any atom is 0.321 e. The summed E-state index contributed by atoms with van der Waals surface area (Å²) in [7, 11) is 3.35. The first-order valence-corrected chi connectivity index (χ1v) is 8.37. The summed E-state index contributed by atoms with van der Waals surface area (Å²) in [5.41, 5.74) is 7.45. The molecule has 7 nitrogen and oxygen atoms in total. The van der Waals surface area contributed by atoms with Crippen molar-refractivity contribution in [2.24, 2.45) is 5.73 Å². The fraction of sp³-hybridized carbons (Fsp3) is 0.312. The summed E-state index contributed by atoms with van der Waals surface area (Å²) in [6.07, 6.45) is 0.672. The minimum absolute atomic E-state index is 0.203. The van der Waals surface area contributed by atoms with Gasteiger partial charge in [0.25, 0.3) is 5.91 Å². The van der Waals surface area contributed by atoms with Crippen LogP contribution in [0.1, 0.15) is 21.1 Å². The summed E-state index contributed by atoms with van der Waals surface area (Å²) in [5, 5.41) is 8.18. The standard InChI is InChI=1S/C16H21N5O2S/c1-21(2)16(23)19-12-5-3-4-11(8-12)9-18-15(22)13-10-24-14(20-13)6-7-17/h3-5,8,10H,6-7,9,17H2,1-2H3,(H,18,22)(H,19,23). The number of amides is 3. The maximum atomic E-state index is 12.1. The first-order valence-electron chi connectivity index (χ1n) is 7.49. The van der Waals surface area contributed by atoms with Gasteiger partial charge in [-0.25, -0.2) is 9.78 Å². The van der Waals surface area contributed by atoms with Crippen LogP contribution < -0.4 is 16.4 Å². The number of thiazole rings is 1. The van der Waals surface area contributed by atoms with Gasteiger partial charge in [0.15, 0.2) is 0 Å². The number of rotatable bonds is 6. The van der Waals surface area contributed by atoms with Crippen LogP contribution in [-0.4, -0.2) is 42.5 Å². The predicted octanol–water partition coefficient (Wildman–Crippen LogP) is 1.67. The fourth-order valence-electron chi connectivity index (χ4n) is 1.92. The number of anilines is 1. The lowest BCUT2D eigenvalue weighted by molar-refractivity contribution is 0.0946. The van der Waals surface area contributed by atoms with Gasteiger partial charge in [-0.1, -0.05) is 12.1 Å². The molecule has 0 radical (unpaired) electrons. The third kappa shape index (κ3) is 5.04. The number of hydrogen-bond donors (Lipinski definition) is 3. The Morgan fingerprint density at radius 3 is 2.83 bits per heavy atom. The molecule has 4 N–H and O–H groups in total. The van der Waals surface area contributed by atoms with E-state index in [9.17, 15) is 9.59 Å². The lowest BCUT2D eigenvalue weighted by Gasteiger charge is -2.12. The van der Waals surface area contributed by atoms with Crippen LogP contribution in [0.25, 0.3) is 0 Å². The topological polar surface area (TPSA) is 100 Å². The second kappa shape index (κ2) is 8.42. The minimum atomic E-state index is -0.225. The van der Waals surface area contributed by atoms with Gasteiger partial charge in [-0.15, -0.1) is 11.3 Å². The molecule has 0 atom stereocenters. The smallest absolute Gasteiger partial charge is 0.321 e. The number of hydrogen-bond acceptors (Lipinski definition) is 5. The largest absolute Gasteiger partial charge is 0.347 e. The van der Waals surface area contributed by atoms with Crippen LogP contribution in [0, 0.1) is 0 Å². The van der Waals surface area contributed by atoms with Crippen molar-refractivity contribution in [2.45, 2.75) is 13.0 Å². The van der Waals surface area contributed by atoms with E-state index in [1.54, 1.807) is 25.5 Å². The Morgan fingerprint density at radius 2 is 2.12 bits per heavy atom. The molecule has 3 amide bonds. The van der Waals surface area contributed by atoms with Crippen molar-refractivity contribution in [3.05, 3.63) is 45.9 Å². The minimum Gasteiger partial charge on any atom is -0.347 e. The zero-order valence-electron chi connectivity index (χ0n) is 13.7. The van der Waals surface area contributed by atoms with E-state index < -0.39 is 0 Å². The van der Waals surface area contributed by atoms with Crippen LogP contribution >= 0.6 is 11.3 Å². The van der Waals surface area contributed by atoms with Gasteiger partial charge in [-0.2, -0.15) is 0 Å². The molecule has 0 aliphatic carbocycles.